The highest BCUT2D eigenvalue weighted by Gasteiger charge is 2.13. The first-order valence-corrected chi connectivity index (χ1v) is 7.75. The average molecular weight is 304 g/mol. The van der Waals surface area contributed by atoms with Crippen molar-refractivity contribution in [1.82, 2.24) is 9.97 Å². The number of hydrogen-bond donors (Lipinski definition) is 0. The Labute approximate surface area is 137 Å². The molecule has 4 aromatic rings. The zero-order chi connectivity index (χ0) is 17.6. The number of nitrogens with zero attached hydrogens (tertiary/aromatic N) is 2. The average Bonchev–Trinajstić information content (AvgIpc) is 2.98. The molecule has 0 aliphatic rings. The zero-order valence-corrected chi connectivity index (χ0v) is 13.1. The number of benzene rings is 1. The summed E-state index contributed by atoms with van der Waals surface area (Å²) in [7, 11) is 0. The molecule has 4 rings (SSSR count). The van der Waals surface area contributed by atoms with Crippen LogP contribution in [0.3, 0.4) is 0 Å². The minimum Gasteiger partial charge on any atom is -0.437 e. The number of rotatable bonds is 3. The van der Waals surface area contributed by atoms with Gasteiger partial charge in [-0.05, 0) is 42.6 Å². The van der Waals surface area contributed by atoms with Gasteiger partial charge in [0, 0.05) is 31.0 Å². The molecule has 23 heavy (non-hydrogen) atoms. The van der Waals surface area contributed by atoms with Gasteiger partial charge in [0.05, 0.1) is 5.69 Å². The molecule has 0 bridgehead atoms. The standard InChI is InChI=1S/C20H18N2O/c1-3-13-8-11-18(21-12-13)17-7-5-6-15-16-10-9-14(4-2)22-20(16)23-19(15)17/h5-12H,3-4H2,1-2H3/i3D2. The van der Waals surface area contributed by atoms with Gasteiger partial charge in [-0.25, -0.2) is 4.98 Å². The van der Waals surface area contributed by atoms with Gasteiger partial charge >= 0.3 is 0 Å². The minimum absolute atomic E-state index is 0.558. The molecule has 0 aliphatic heterocycles. The summed E-state index contributed by atoms with van der Waals surface area (Å²) in [4.78, 5) is 9.02. The first-order chi connectivity index (χ1) is 12.0. The number of aromatic nitrogens is 2. The van der Waals surface area contributed by atoms with Crippen molar-refractivity contribution in [2.24, 2.45) is 0 Å². The first-order valence-electron chi connectivity index (χ1n) is 8.75. The SMILES string of the molecule is [2H]C([2H])(C)c1ccc(-c2cccc3c2oc2nc(CC)ccc23)nc1. The van der Waals surface area contributed by atoms with Crippen LogP contribution in [0.5, 0.6) is 0 Å². The molecule has 3 nitrogen and oxygen atoms in total. The molecule has 0 radical (unpaired) electrons. The number of para-hydroxylation sites is 1. The summed E-state index contributed by atoms with van der Waals surface area (Å²) in [5.41, 5.74) is 4.61. The molecule has 0 atom stereocenters. The Morgan fingerprint density at radius 1 is 1.04 bits per heavy atom. The third-order valence-corrected chi connectivity index (χ3v) is 4.11. The summed E-state index contributed by atoms with van der Waals surface area (Å²) >= 11 is 0. The monoisotopic (exact) mass is 304 g/mol. The van der Waals surface area contributed by atoms with Crippen LogP contribution in [0.15, 0.2) is 53.1 Å². The second kappa shape index (κ2) is 5.51. The van der Waals surface area contributed by atoms with Crippen molar-refractivity contribution in [1.29, 1.82) is 0 Å². The summed E-state index contributed by atoms with van der Waals surface area (Å²) < 4.78 is 21.6. The van der Waals surface area contributed by atoms with E-state index in [-0.39, 0.29) is 0 Å². The molecule has 0 unspecified atom stereocenters. The number of furan rings is 1. The van der Waals surface area contributed by atoms with E-state index in [0.29, 0.717) is 11.3 Å². The van der Waals surface area contributed by atoms with Crippen molar-refractivity contribution in [3.05, 3.63) is 59.9 Å². The van der Waals surface area contributed by atoms with E-state index in [2.05, 4.69) is 23.0 Å². The maximum atomic E-state index is 7.79. The lowest BCUT2D eigenvalue weighted by Gasteiger charge is -2.02. The topological polar surface area (TPSA) is 38.9 Å². The molecule has 0 saturated carbocycles. The fraction of sp³-hybridized carbons (Fsp3) is 0.200. The molecule has 0 N–H and O–H groups in total. The van der Waals surface area contributed by atoms with Crippen molar-refractivity contribution < 1.29 is 7.16 Å². The molecular weight excluding hydrogens is 284 g/mol. The summed E-state index contributed by atoms with van der Waals surface area (Å²) in [6.07, 6.45) is 1.05. The molecule has 0 aliphatic carbocycles. The lowest BCUT2D eigenvalue weighted by molar-refractivity contribution is 0.652. The van der Waals surface area contributed by atoms with Crippen LogP contribution in [0.4, 0.5) is 0 Å². The first kappa shape index (κ1) is 11.8. The Balaban J connectivity index is 1.90. The molecule has 3 aromatic heterocycles. The van der Waals surface area contributed by atoms with Gasteiger partial charge in [0.25, 0.3) is 0 Å². The molecule has 0 amide bonds. The second-order valence-electron chi connectivity index (χ2n) is 5.48. The van der Waals surface area contributed by atoms with E-state index in [1.54, 1.807) is 12.3 Å². The maximum absolute atomic E-state index is 7.79. The van der Waals surface area contributed by atoms with Crippen LogP contribution in [0.1, 0.15) is 27.8 Å². The van der Waals surface area contributed by atoms with Gasteiger partial charge in [0.15, 0.2) is 0 Å². The molecule has 3 heterocycles. The van der Waals surface area contributed by atoms with Crippen LogP contribution in [0, 0.1) is 0 Å². The maximum Gasteiger partial charge on any atom is 0.227 e. The van der Waals surface area contributed by atoms with Crippen LogP contribution >= 0.6 is 0 Å². The summed E-state index contributed by atoms with van der Waals surface area (Å²) in [6, 6.07) is 13.7. The van der Waals surface area contributed by atoms with Crippen LogP contribution in [0.2, 0.25) is 0 Å². The largest absolute Gasteiger partial charge is 0.437 e. The zero-order valence-electron chi connectivity index (χ0n) is 15.1. The fourth-order valence-corrected chi connectivity index (χ4v) is 2.82. The van der Waals surface area contributed by atoms with Crippen LogP contribution < -0.4 is 0 Å². The molecular formula is C20H18N2O. The predicted molar refractivity (Wildman–Crippen MR) is 93.5 cm³/mol. The highest BCUT2D eigenvalue weighted by atomic mass is 16.3. The van der Waals surface area contributed by atoms with Gasteiger partial charge in [-0.1, -0.05) is 32.0 Å². The van der Waals surface area contributed by atoms with Crippen molar-refractivity contribution >= 4 is 22.1 Å². The quantitative estimate of drug-likeness (QED) is 0.524. The van der Waals surface area contributed by atoms with E-state index >= 15 is 0 Å². The number of pyridine rings is 2. The lowest BCUT2D eigenvalue weighted by atomic mass is 10.1. The lowest BCUT2D eigenvalue weighted by Crippen LogP contribution is -1.86. The summed E-state index contributed by atoms with van der Waals surface area (Å²) in [6.45, 7) is 3.60. The third kappa shape index (κ3) is 2.29. The van der Waals surface area contributed by atoms with Gasteiger partial charge in [-0.15, -0.1) is 0 Å². The Hall–Kier alpha value is -2.68. The van der Waals surface area contributed by atoms with E-state index in [4.69, 9.17) is 7.16 Å². The van der Waals surface area contributed by atoms with Gasteiger partial charge < -0.3 is 4.42 Å². The van der Waals surface area contributed by atoms with Crippen LogP contribution in [-0.4, -0.2) is 9.97 Å². The van der Waals surface area contributed by atoms with Gasteiger partial charge in [-0.2, -0.15) is 0 Å². The summed E-state index contributed by atoms with van der Waals surface area (Å²) in [5.74, 6) is 0. The molecule has 0 saturated heterocycles. The highest BCUT2D eigenvalue weighted by Crippen LogP contribution is 2.34. The number of hydrogen-bond acceptors (Lipinski definition) is 3. The number of aryl methyl sites for hydroxylation is 2. The predicted octanol–water partition coefficient (Wildman–Crippen LogP) is 5.17. The van der Waals surface area contributed by atoms with E-state index < -0.39 is 6.37 Å². The third-order valence-electron chi connectivity index (χ3n) is 4.11. The normalized spacial score (nSPS) is 13.3. The molecule has 3 heteroatoms. The Morgan fingerprint density at radius 3 is 2.70 bits per heavy atom. The van der Waals surface area contributed by atoms with Crippen molar-refractivity contribution in [3.63, 3.8) is 0 Å². The summed E-state index contributed by atoms with van der Waals surface area (Å²) in [5, 5.41) is 2.01. The molecule has 0 fully saturated rings. The van der Waals surface area contributed by atoms with Crippen molar-refractivity contribution in [2.45, 2.75) is 26.6 Å². The Morgan fingerprint density at radius 2 is 1.96 bits per heavy atom. The van der Waals surface area contributed by atoms with Crippen LogP contribution in [-0.2, 0) is 12.8 Å². The smallest absolute Gasteiger partial charge is 0.227 e. The van der Waals surface area contributed by atoms with E-state index in [1.807, 2.05) is 30.3 Å². The van der Waals surface area contributed by atoms with Gasteiger partial charge in [0.2, 0.25) is 5.71 Å². The molecule has 114 valence electrons. The van der Waals surface area contributed by atoms with Gasteiger partial charge in [0.1, 0.15) is 5.58 Å². The molecule has 1 aromatic carbocycles. The second-order valence-corrected chi connectivity index (χ2v) is 5.48. The molecule has 0 spiro atoms. The highest BCUT2D eigenvalue weighted by molar-refractivity contribution is 6.08. The minimum atomic E-state index is -1.41. The fourth-order valence-electron chi connectivity index (χ4n) is 2.82. The number of fused-ring (bicyclic) bond motifs is 3. The Kier molecular flexibility index (Phi) is 2.83. The van der Waals surface area contributed by atoms with Crippen molar-refractivity contribution in [3.8, 4) is 11.3 Å². The van der Waals surface area contributed by atoms with Gasteiger partial charge in [-0.3, -0.25) is 4.98 Å². The van der Waals surface area contributed by atoms with E-state index in [0.717, 1.165) is 39.7 Å². The van der Waals surface area contributed by atoms with E-state index in [9.17, 15) is 0 Å². The Bertz CT molecular complexity index is 1060. The van der Waals surface area contributed by atoms with Crippen LogP contribution in [0.25, 0.3) is 33.3 Å². The van der Waals surface area contributed by atoms with E-state index in [1.165, 1.54) is 6.92 Å². The van der Waals surface area contributed by atoms with Crippen molar-refractivity contribution in [2.75, 3.05) is 0 Å².